The molecule has 19 heavy (non-hydrogen) atoms. The van der Waals surface area contributed by atoms with Crippen LogP contribution in [-0.2, 0) is 0 Å². The van der Waals surface area contributed by atoms with Crippen LogP contribution in [0.1, 0.15) is 37.8 Å². The van der Waals surface area contributed by atoms with E-state index in [2.05, 4.69) is 27.8 Å². The van der Waals surface area contributed by atoms with E-state index in [1.807, 2.05) is 6.07 Å². The topological polar surface area (TPSA) is 29.3 Å². The Morgan fingerprint density at radius 1 is 1.47 bits per heavy atom. The van der Waals surface area contributed by atoms with Crippen LogP contribution in [-0.4, -0.2) is 24.5 Å². The fourth-order valence-corrected chi connectivity index (χ4v) is 3.36. The van der Waals surface area contributed by atoms with Gasteiger partial charge in [0.2, 0.25) is 0 Å². The number of halogens is 2. The van der Waals surface area contributed by atoms with Crippen LogP contribution in [0.4, 0.5) is 4.39 Å². The maximum atomic E-state index is 13.8. The number of rotatable bonds is 4. The lowest BCUT2D eigenvalue weighted by Gasteiger charge is -2.41. The molecule has 2 N–H and O–H groups in total. The Balaban J connectivity index is 2.30. The second kappa shape index (κ2) is 6.82. The van der Waals surface area contributed by atoms with Gasteiger partial charge in [-0.2, -0.15) is 0 Å². The summed E-state index contributed by atoms with van der Waals surface area (Å²) >= 11 is 3.22. The average Bonchev–Trinajstić information content (AvgIpc) is 2.42. The van der Waals surface area contributed by atoms with Crippen molar-refractivity contribution in [1.29, 1.82) is 0 Å². The molecule has 106 valence electrons. The summed E-state index contributed by atoms with van der Waals surface area (Å²) in [5.41, 5.74) is 6.99. The Labute approximate surface area is 123 Å². The van der Waals surface area contributed by atoms with E-state index < -0.39 is 0 Å². The maximum Gasteiger partial charge on any atom is 0.137 e. The summed E-state index contributed by atoms with van der Waals surface area (Å²) in [6.45, 7) is 5.00. The van der Waals surface area contributed by atoms with Crippen LogP contribution >= 0.6 is 15.9 Å². The van der Waals surface area contributed by atoms with E-state index in [0.29, 0.717) is 16.9 Å². The van der Waals surface area contributed by atoms with E-state index >= 15 is 0 Å². The van der Waals surface area contributed by atoms with Crippen LogP contribution in [0.2, 0.25) is 0 Å². The Bertz CT molecular complexity index is 423. The molecule has 1 heterocycles. The maximum absolute atomic E-state index is 13.8. The zero-order valence-corrected chi connectivity index (χ0v) is 13.0. The van der Waals surface area contributed by atoms with Crippen molar-refractivity contribution >= 4 is 15.9 Å². The zero-order chi connectivity index (χ0) is 13.8. The molecule has 0 saturated carbocycles. The molecular weight excluding hydrogens is 307 g/mol. The molecule has 2 nitrogen and oxygen atoms in total. The molecule has 1 saturated heterocycles. The van der Waals surface area contributed by atoms with Gasteiger partial charge in [0, 0.05) is 6.04 Å². The fraction of sp³-hybridized carbons (Fsp3) is 0.600. The van der Waals surface area contributed by atoms with E-state index in [1.54, 1.807) is 12.1 Å². The third-order valence-corrected chi connectivity index (χ3v) is 4.60. The number of piperidine rings is 1. The molecule has 0 aromatic heterocycles. The number of hydrogen-bond acceptors (Lipinski definition) is 2. The first kappa shape index (κ1) is 14.9. The van der Waals surface area contributed by atoms with Gasteiger partial charge < -0.3 is 5.73 Å². The van der Waals surface area contributed by atoms with E-state index in [0.717, 1.165) is 31.5 Å². The third kappa shape index (κ3) is 3.36. The van der Waals surface area contributed by atoms with Crippen LogP contribution < -0.4 is 5.73 Å². The summed E-state index contributed by atoms with van der Waals surface area (Å²) in [7, 11) is 0. The number of nitrogens with two attached hydrogens (primary N) is 1. The van der Waals surface area contributed by atoms with Gasteiger partial charge in [0.05, 0.1) is 4.47 Å². The molecular formula is C15H22BrFN2. The van der Waals surface area contributed by atoms with Crippen molar-refractivity contribution in [3.63, 3.8) is 0 Å². The van der Waals surface area contributed by atoms with Crippen LogP contribution in [0.3, 0.4) is 0 Å². The predicted octanol–water partition coefficient (Wildman–Crippen LogP) is 3.71. The molecule has 0 amide bonds. The molecule has 1 aliphatic heterocycles. The average molecular weight is 329 g/mol. The van der Waals surface area contributed by atoms with Crippen molar-refractivity contribution in [3.05, 3.63) is 34.1 Å². The van der Waals surface area contributed by atoms with E-state index in [1.165, 1.54) is 6.42 Å². The molecule has 0 spiro atoms. The summed E-state index contributed by atoms with van der Waals surface area (Å²) in [6, 6.07) is 5.75. The highest BCUT2D eigenvalue weighted by molar-refractivity contribution is 9.10. The molecule has 4 heteroatoms. The van der Waals surface area contributed by atoms with Gasteiger partial charge in [-0.3, -0.25) is 4.90 Å². The van der Waals surface area contributed by atoms with Crippen molar-refractivity contribution in [3.8, 4) is 0 Å². The zero-order valence-electron chi connectivity index (χ0n) is 11.4. The van der Waals surface area contributed by atoms with E-state index in [9.17, 15) is 4.39 Å². The molecule has 1 aliphatic rings. The monoisotopic (exact) mass is 328 g/mol. The normalized spacial score (nSPS) is 24.6. The van der Waals surface area contributed by atoms with Crippen molar-refractivity contribution in [1.82, 2.24) is 4.90 Å². The smallest absolute Gasteiger partial charge is 0.137 e. The first-order chi connectivity index (χ1) is 9.17. The second-order valence-corrected chi connectivity index (χ2v) is 6.15. The Kier molecular flexibility index (Phi) is 5.37. The molecule has 1 aromatic rings. The van der Waals surface area contributed by atoms with E-state index in [4.69, 9.17) is 5.73 Å². The first-order valence-corrected chi connectivity index (χ1v) is 7.85. The Hall–Kier alpha value is -0.450. The minimum atomic E-state index is -0.185. The first-order valence-electron chi connectivity index (χ1n) is 7.06. The highest BCUT2D eigenvalue weighted by Gasteiger charge is 2.31. The van der Waals surface area contributed by atoms with Gasteiger partial charge in [-0.25, -0.2) is 4.39 Å². The molecule has 1 aromatic carbocycles. The van der Waals surface area contributed by atoms with Crippen molar-refractivity contribution in [2.75, 3.05) is 19.6 Å². The van der Waals surface area contributed by atoms with Gasteiger partial charge >= 0.3 is 0 Å². The van der Waals surface area contributed by atoms with Crippen LogP contribution in [0.5, 0.6) is 0 Å². The summed E-state index contributed by atoms with van der Waals surface area (Å²) < 4.78 is 14.3. The van der Waals surface area contributed by atoms with Crippen molar-refractivity contribution in [2.24, 2.45) is 11.7 Å². The SMILES string of the molecule is CCCN1CCCC(CN)C1c1ccc(Br)c(F)c1. The van der Waals surface area contributed by atoms with Gasteiger partial charge in [0.25, 0.3) is 0 Å². The largest absolute Gasteiger partial charge is 0.330 e. The quantitative estimate of drug-likeness (QED) is 0.912. The molecule has 2 rings (SSSR count). The molecule has 0 radical (unpaired) electrons. The molecule has 2 atom stereocenters. The predicted molar refractivity (Wildman–Crippen MR) is 80.5 cm³/mol. The number of hydrogen-bond donors (Lipinski definition) is 1. The summed E-state index contributed by atoms with van der Waals surface area (Å²) in [5, 5.41) is 0. The van der Waals surface area contributed by atoms with Crippen molar-refractivity contribution < 1.29 is 4.39 Å². The molecule has 0 bridgehead atoms. The summed E-state index contributed by atoms with van der Waals surface area (Å²) in [4.78, 5) is 2.46. The second-order valence-electron chi connectivity index (χ2n) is 5.29. The Morgan fingerprint density at radius 2 is 2.26 bits per heavy atom. The van der Waals surface area contributed by atoms with Crippen LogP contribution in [0.25, 0.3) is 0 Å². The number of nitrogens with zero attached hydrogens (tertiary/aromatic N) is 1. The van der Waals surface area contributed by atoms with Crippen LogP contribution in [0.15, 0.2) is 22.7 Å². The molecule has 0 aliphatic carbocycles. The minimum absolute atomic E-state index is 0.185. The fourth-order valence-electron chi connectivity index (χ4n) is 3.12. The van der Waals surface area contributed by atoms with Gasteiger partial charge in [-0.05, 0) is 78.4 Å². The minimum Gasteiger partial charge on any atom is -0.330 e. The van der Waals surface area contributed by atoms with Gasteiger partial charge in [-0.1, -0.05) is 13.0 Å². The number of likely N-dealkylation sites (tertiary alicyclic amines) is 1. The van der Waals surface area contributed by atoms with Crippen LogP contribution in [0, 0.1) is 11.7 Å². The van der Waals surface area contributed by atoms with E-state index in [-0.39, 0.29) is 11.9 Å². The van der Waals surface area contributed by atoms with Gasteiger partial charge in [-0.15, -0.1) is 0 Å². The molecule has 1 fully saturated rings. The Morgan fingerprint density at radius 3 is 2.89 bits per heavy atom. The summed E-state index contributed by atoms with van der Waals surface area (Å²) in [5.74, 6) is 0.246. The van der Waals surface area contributed by atoms with Crippen molar-refractivity contribution in [2.45, 2.75) is 32.2 Å². The highest BCUT2D eigenvalue weighted by Crippen LogP contribution is 2.36. The highest BCUT2D eigenvalue weighted by atomic mass is 79.9. The lowest BCUT2D eigenvalue weighted by molar-refractivity contribution is 0.0958. The lowest BCUT2D eigenvalue weighted by Crippen LogP contribution is -2.42. The standard InChI is InChI=1S/C15H22BrFN2/c1-2-7-19-8-3-4-12(10-18)15(19)11-5-6-13(16)14(17)9-11/h5-6,9,12,15H,2-4,7-8,10,18H2,1H3. The number of benzene rings is 1. The van der Waals surface area contributed by atoms with Gasteiger partial charge in [0.1, 0.15) is 5.82 Å². The van der Waals surface area contributed by atoms with Gasteiger partial charge in [0.15, 0.2) is 0 Å². The third-order valence-electron chi connectivity index (χ3n) is 3.96. The lowest BCUT2D eigenvalue weighted by atomic mass is 9.84. The molecule has 2 unspecified atom stereocenters. The summed E-state index contributed by atoms with van der Waals surface area (Å²) in [6.07, 6.45) is 3.45.